The first kappa shape index (κ1) is 10.7. The monoisotopic (exact) mass is 212 g/mol. The van der Waals surface area contributed by atoms with E-state index in [9.17, 15) is 4.79 Å². The molecule has 0 heterocycles. The molecule has 1 aromatic carbocycles. The molecule has 1 nitrogen and oxygen atoms in total. The Morgan fingerprint density at radius 1 is 1.15 bits per heavy atom. The van der Waals surface area contributed by atoms with Gasteiger partial charge >= 0.3 is 0 Å². The molecule has 0 aliphatic heterocycles. The largest absolute Gasteiger partial charge is 0.292 e. The van der Waals surface area contributed by atoms with E-state index >= 15 is 0 Å². The molecule has 0 atom stereocenters. The Bertz CT molecular complexity index is 268. The summed E-state index contributed by atoms with van der Waals surface area (Å²) in [4.78, 5) is 11.8. The van der Waals surface area contributed by atoms with E-state index in [0.29, 0.717) is 0 Å². The van der Waals surface area contributed by atoms with Crippen LogP contribution in [0.2, 0.25) is 0 Å². The lowest BCUT2D eigenvalue weighted by Crippen LogP contribution is -2.12. The maximum absolute atomic E-state index is 11.8. The van der Waals surface area contributed by atoms with Gasteiger partial charge in [0.05, 0.1) is 0 Å². The molecule has 0 bridgehead atoms. The first-order chi connectivity index (χ1) is 6.29. The average Bonchev–Trinajstić information content (AvgIpc) is 2.21. The number of carbonyl (C=O) groups is 1. The molecule has 1 rings (SSSR count). The van der Waals surface area contributed by atoms with E-state index in [4.69, 9.17) is 0 Å². The van der Waals surface area contributed by atoms with Crippen LogP contribution in [0.25, 0.3) is 0 Å². The molecule has 0 fully saturated rings. The van der Waals surface area contributed by atoms with Gasteiger partial charge in [0, 0.05) is 5.56 Å². The van der Waals surface area contributed by atoms with Crippen molar-refractivity contribution >= 4 is 29.3 Å². The van der Waals surface area contributed by atoms with Crippen LogP contribution in [0, 0.1) is 0 Å². The van der Waals surface area contributed by atoms with Crippen molar-refractivity contribution in [1.82, 2.24) is 0 Å². The molecule has 0 aromatic heterocycles. The maximum Gasteiger partial charge on any atom is 0.185 e. The van der Waals surface area contributed by atoms with Gasteiger partial charge in [-0.05, 0) is 12.5 Å². The van der Waals surface area contributed by atoms with Crippen LogP contribution in [0.15, 0.2) is 30.3 Å². The van der Waals surface area contributed by atoms with Crippen LogP contribution in [-0.4, -0.2) is 22.9 Å². The van der Waals surface area contributed by atoms with Crippen molar-refractivity contribution in [3.05, 3.63) is 35.9 Å². The lowest BCUT2D eigenvalue weighted by Gasteiger charge is -2.09. The number of rotatable bonds is 4. The summed E-state index contributed by atoms with van der Waals surface area (Å²) in [6.45, 7) is 0. The standard InChI is InChI=1S/C10H12OS2/c1-12-10(13-2)9(11)8-6-4-3-5-7-8/h3-7,10H,1-2H3. The highest BCUT2D eigenvalue weighted by Crippen LogP contribution is 2.22. The van der Waals surface area contributed by atoms with Gasteiger partial charge in [0.25, 0.3) is 0 Å². The number of carbonyl (C=O) groups excluding carboxylic acids is 1. The van der Waals surface area contributed by atoms with Crippen molar-refractivity contribution in [1.29, 1.82) is 0 Å². The molecular formula is C10H12OS2. The molecule has 0 spiro atoms. The highest BCUT2D eigenvalue weighted by molar-refractivity contribution is 8.17. The quantitative estimate of drug-likeness (QED) is 0.564. The molecule has 0 aliphatic carbocycles. The molecule has 0 saturated heterocycles. The summed E-state index contributed by atoms with van der Waals surface area (Å²) < 4.78 is 0.0300. The van der Waals surface area contributed by atoms with Gasteiger partial charge in [-0.15, -0.1) is 23.5 Å². The summed E-state index contributed by atoms with van der Waals surface area (Å²) in [5.74, 6) is 0.209. The Kier molecular flexibility index (Phi) is 4.39. The number of thioether (sulfide) groups is 2. The third kappa shape index (κ3) is 2.78. The van der Waals surface area contributed by atoms with Gasteiger partial charge in [0.1, 0.15) is 4.58 Å². The van der Waals surface area contributed by atoms with Crippen molar-refractivity contribution in [3.63, 3.8) is 0 Å². The molecule has 1 aromatic rings. The summed E-state index contributed by atoms with van der Waals surface area (Å²) in [6.07, 6.45) is 3.92. The first-order valence-electron chi connectivity index (χ1n) is 3.94. The van der Waals surface area contributed by atoms with Crippen molar-refractivity contribution in [2.24, 2.45) is 0 Å². The Hall–Kier alpha value is -0.410. The van der Waals surface area contributed by atoms with Gasteiger partial charge in [0.2, 0.25) is 0 Å². The smallest absolute Gasteiger partial charge is 0.185 e. The Morgan fingerprint density at radius 2 is 1.69 bits per heavy atom. The number of benzene rings is 1. The number of hydrogen-bond acceptors (Lipinski definition) is 3. The summed E-state index contributed by atoms with van der Waals surface area (Å²) in [5.41, 5.74) is 0.802. The molecule has 13 heavy (non-hydrogen) atoms. The molecule has 0 N–H and O–H groups in total. The van der Waals surface area contributed by atoms with Gasteiger partial charge in [-0.25, -0.2) is 0 Å². The third-order valence-corrected chi connectivity index (χ3v) is 4.14. The normalized spacial score (nSPS) is 10.4. The molecule has 0 aliphatic rings. The summed E-state index contributed by atoms with van der Waals surface area (Å²) in [6, 6.07) is 9.43. The Labute approximate surface area is 87.3 Å². The first-order valence-corrected chi connectivity index (χ1v) is 6.52. The second-order valence-corrected chi connectivity index (χ2v) is 4.72. The SMILES string of the molecule is CSC(SC)C(=O)c1ccccc1. The molecule has 0 amide bonds. The van der Waals surface area contributed by atoms with Crippen molar-refractivity contribution in [3.8, 4) is 0 Å². The average molecular weight is 212 g/mol. The van der Waals surface area contributed by atoms with E-state index in [2.05, 4.69) is 0 Å². The van der Waals surface area contributed by atoms with E-state index in [0.717, 1.165) is 5.56 Å². The summed E-state index contributed by atoms with van der Waals surface area (Å²) in [5, 5.41) is 0. The zero-order chi connectivity index (χ0) is 9.68. The highest BCUT2D eigenvalue weighted by atomic mass is 32.2. The fourth-order valence-corrected chi connectivity index (χ4v) is 2.52. The predicted molar refractivity (Wildman–Crippen MR) is 61.6 cm³/mol. The Balaban J connectivity index is 2.78. The second-order valence-electron chi connectivity index (χ2n) is 2.53. The number of Topliss-reactive ketones (excluding diaryl/α,β-unsaturated/α-hetero) is 1. The molecular weight excluding hydrogens is 200 g/mol. The molecule has 3 heteroatoms. The van der Waals surface area contributed by atoms with Gasteiger partial charge in [-0.1, -0.05) is 30.3 Å². The zero-order valence-corrected chi connectivity index (χ0v) is 9.32. The van der Waals surface area contributed by atoms with Crippen LogP contribution in [0.1, 0.15) is 10.4 Å². The van der Waals surface area contributed by atoms with Crippen molar-refractivity contribution in [2.75, 3.05) is 12.5 Å². The summed E-state index contributed by atoms with van der Waals surface area (Å²) >= 11 is 3.17. The lowest BCUT2D eigenvalue weighted by atomic mass is 10.1. The fraction of sp³-hybridized carbons (Fsp3) is 0.300. The summed E-state index contributed by atoms with van der Waals surface area (Å²) in [7, 11) is 0. The van der Waals surface area contributed by atoms with Gasteiger partial charge in [0.15, 0.2) is 5.78 Å². The van der Waals surface area contributed by atoms with Crippen LogP contribution < -0.4 is 0 Å². The van der Waals surface area contributed by atoms with Gasteiger partial charge < -0.3 is 0 Å². The van der Waals surface area contributed by atoms with Gasteiger partial charge in [-0.2, -0.15) is 0 Å². The fourth-order valence-electron chi connectivity index (χ4n) is 1.05. The topological polar surface area (TPSA) is 17.1 Å². The second kappa shape index (κ2) is 5.35. The van der Waals surface area contributed by atoms with Crippen molar-refractivity contribution < 1.29 is 4.79 Å². The zero-order valence-electron chi connectivity index (χ0n) is 7.69. The van der Waals surface area contributed by atoms with Crippen LogP contribution in [-0.2, 0) is 0 Å². The minimum absolute atomic E-state index is 0.0300. The minimum Gasteiger partial charge on any atom is -0.292 e. The van der Waals surface area contributed by atoms with E-state index in [-0.39, 0.29) is 10.4 Å². The molecule has 0 unspecified atom stereocenters. The van der Waals surface area contributed by atoms with E-state index in [1.165, 1.54) is 0 Å². The van der Waals surface area contributed by atoms with Crippen LogP contribution in [0.3, 0.4) is 0 Å². The third-order valence-electron chi connectivity index (χ3n) is 1.70. The van der Waals surface area contributed by atoms with Crippen LogP contribution >= 0.6 is 23.5 Å². The predicted octanol–water partition coefficient (Wildman–Crippen LogP) is 2.92. The van der Waals surface area contributed by atoms with Gasteiger partial charge in [-0.3, -0.25) is 4.79 Å². The molecule has 70 valence electrons. The van der Waals surface area contributed by atoms with E-state index < -0.39 is 0 Å². The van der Waals surface area contributed by atoms with Crippen molar-refractivity contribution in [2.45, 2.75) is 4.58 Å². The molecule has 0 radical (unpaired) electrons. The Morgan fingerprint density at radius 3 is 2.15 bits per heavy atom. The highest BCUT2D eigenvalue weighted by Gasteiger charge is 2.16. The van der Waals surface area contributed by atoms with Crippen LogP contribution in [0.5, 0.6) is 0 Å². The number of hydrogen-bond donors (Lipinski definition) is 0. The van der Waals surface area contributed by atoms with E-state index in [1.54, 1.807) is 23.5 Å². The lowest BCUT2D eigenvalue weighted by molar-refractivity contribution is 0.101. The number of ketones is 1. The molecule has 0 saturated carbocycles. The minimum atomic E-state index is 0.0300. The maximum atomic E-state index is 11.8. The van der Waals surface area contributed by atoms with E-state index in [1.807, 2.05) is 42.8 Å². The van der Waals surface area contributed by atoms with Crippen LogP contribution in [0.4, 0.5) is 0 Å².